The molecule has 0 bridgehead atoms. The van der Waals surface area contributed by atoms with Crippen LogP contribution in [0.2, 0.25) is 0 Å². The van der Waals surface area contributed by atoms with Gasteiger partial charge in [-0.2, -0.15) is 10.2 Å². The van der Waals surface area contributed by atoms with E-state index in [0.29, 0.717) is 6.54 Å². The van der Waals surface area contributed by atoms with E-state index in [1.54, 1.807) is 6.20 Å². The molecular weight excluding hydrogens is 304 g/mol. The zero-order valence-electron chi connectivity index (χ0n) is 14.5. The first-order chi connectivity index (χ1) is 11.6. The lowest BCUT2D eigenvalue weighted by Gasteiger charge is -2.24. The van der Waals surface area contributed by atoms with E-state index in [4.69, 9.17) is 0 Å². The Morgan fingerprint density at radius 3 is 2.83 bits per heavy atom. The summed E-state index contributed by atoms with van der Waals surface area (Å²) in [5, 5.41) is 8.42. The first-order valence-corrected chi connectivity index (χ1v) is 8.58. The number of amides is 1. The van der Waals surface area contributed by atoms with E-state index >= 15 is 0 Å². The zero-order valence-corrected chi connectivity index (χ0v) is 14.5. The molecule has 0 N–H and O–H groups in total. The molecule has 1 aliphatic heterocycles. The Morgan fingerprint density at radius 2 is 2.12 bits per heavy atom. The molecule has 0 saturated carbocycles. The van der Waals surface area contributed by atoms with Gasteiger partial charge in [0, 0.05) is 63.9 Å². The number of aromatic nitrogens is 4. The summed E-state index contributed by atoms with van der Waals surface area (Å²) in [6.07, 6.45) is 8.64. The van der Waals surface area contributed by atoms with Gasteiger partial charge in [-0.25, -0.2) is 0 Å². The first kappa shape index (κ1) is 16.7. The minimum Gasteiger partial charge on any atom is -0.341 e. The van der Waals surface area contributed by atoms with E-state index in [9.17, 15) is 4.79 Å². The molecule has 0 aliphatic carbocycles. The number of carbonyl (C=O) groups is 1. The van der Waals surface area contributed by atoms with Crippen molar-refractivity contribution in [1.29, 1.82) is 0 Å². The molecule has 2 aromatic heterocycles. The monoisotopic (exact) mass is 330 g/mol. The SMILES string of the molecule is C[C@@H](Cn1cccn1)C(=O)N1CCCN(Cc2cnn(C)c2)CC1. The summed E-state index contributed by atoms with van der Waals surface area (Å²) in [5.41, 5.74) is 1.23. The van der Waals surface area contributed by atoms with Gasteiger partial charge in [-0.15, -0.1) is 0 Å². The Labute approximate surface area is 142 Å². The van der Waals surface area contributed by atoms with Crippen LogP contribution in [-0.4, -0.2) is 61.4 Å². The highest BCUT2D eigenvalue weighted by atomic mass is 16.2. The highest BCUT2D eigenvalue weighted by molar-refractivity contribution is 5.78. The van der Waals surface area contributed by atoms with Gasteiger partial charge in [-0.05, 0) is 12.5 Å². The molecule has 3 rings (SSSR count). The molecule has 0 radical (unpaired) electrons. The third-order valence-corrected chi connectivity index (χ3v) is 4.51. The summed E-state index contributed by atoms with van der Waals surface area (Å²) in [5.74, 6) is 0.184. The fourth-order valence-corrected chi connectivity index (χ4v) is 3.24. The van der Waals surface area contributed by atoms with Crippen LogP contribution in [0, 0.1) is 5.92 Å². The maximum atomic E-state index is 12.7. The summed E-state index contributed by atoms with van der Waals surface area (Å²) in [6.45, 7) is 7.10. The molecular formula is C17H26N6O. The van der Waals surface area contributed by atoms with Crippen molar-refractivity contribution in [3.05, 3.63) is 36.4 Å². The summed E-state index contributed by atoms with van der Waals surface area (Å²) in [7, 11) is 1.94. The number of rotatable bonds is 5. The highest BCUT2D eigenvalue weighted by Gasteiger charge is 2.23. The van der Waals surface area contributed by atoms with E-state index in [0.717, 1.165) is 39.1 Å². The molecule has 0 spiro atoms. The van der Waals surface area contributed by atoms with Crippen LogP contribution in [0.25, 0.3) is 0 Å². The molecule has 0 aromatic carbocycles. The van der Waals surface area contributed by atoms with E-state index < -0.39 is 0 Å². The van der Waals surface area contributed by atoms with Gasteiger partial charge in [0.25, 0.3) is 0 Å². The summed E-state index contributed by atoms with van der Waals surface area (Å²) >= 11 is 0. The molecule has 1 amide bonds. The third kappa shape index (κ3) is 4.23. The predicted molar refractivity (Wildman–Crippen MR) is 91.1 cm³/mol. The summed E-state index contributed by atoms with van der Waals surface area (Å²) in [6, 6.07) is 1.89. The quantitative estimate of drug-likeness (QED) is 0.820. The number of hydrogen-bond donors (Lipinski definition) is 0. The summed E-state index contributed by atoms with van der Waals surface area (Å²) < 4.78 is 3.66. The Balaban J connectivity index is 1.51. The van der Waals surface area contributed by atoms with E-state index in [2.05, 4.69) is 21.3 Å². The fourth-order valence-electron chi connectivity index (χ4n) is 3.24. The predicted octanol–water partition coefficient (Wildman–Crippen LogP) is 0.987. The average Bonchev–Trinajstić information content (AvgIpc) is 3.15. The van der Waals surface area contributed by atoms with Crippen LogP contribution < -0.4 is 0 Å². The van der Waals surface area contributed by atoms with Crippen LogP contribution in [0.15, 0.2) is 30.9 Å². The molecule has 1 saturated heterocycles. The standard InChI is InChI=1S/C17H26N6O/c1-15(12-23-8-3-5-18-23)17(24)22-7-4-6-21(9-10-22)14-16-11-19-20(2)13-16/h3,5,8,11,13,15H,4,6-7,9-10,12,14H2,1-2H3/t15-/m0/s1. The van der Waals surface area contributed by atoms with E-state index in [1.807, 2.05) is 46.7 Å². The normalized spacial score (nSPS) is 17.7. The molecule has 2 aromatic rings. The van der Waals surface area contributed by atoms with Gasteiger partial charge in [0.15, 0.2) is 0 Å². The van der Waals surface area contributed by atoms with Crippen molar-refractivity contribution in [2.75, 3.05) is 26.2 Å². The molecule has 7 nitrogen and oxygen atoms in total. The molecule has 1 atom stereocenters. The van der Waals surface area contributed by atoms with Crippen LogP contribution in [0.5, 0.6) is 0 Å². The van der Waals surface area contributed by atoms with Gasteiger partial charge < -0.3 is 4.90 Å². The van der Waals surface area contributed by atoms with Gasteiger partial charge in [0.1, 0.15) is 0 Å². The van der Waals surface area contributed by atoms with Crippen LogP contribution in [-0.2, 0) is 24.9 Å². The van der Waals surface area contributed by atoms with Crippen molar-refractivity contribution < 1.29 is 4.79 Å². The van der Waals surface area contributed by atoms with E-state index in [-0.39, 0.29) is 11.8 Å². The van der Waals surface area contributed by atoms with Crippen molar-refractivity contribution in [3.63, 3.8) is 0 Å². The van der Waals surface area contributed by atoms with Crippen LogP contribution in [0.3, 0.4) is 0 Å². The smallest absolute Gasteiger partial charge is 0.227 e. The fraction of sp³-hybridized carbons (Fsp3) is 0.588. The lowest BCUT2D eigenvalue weighted by atomic mass is 10.1. The zero-order chi connectivity index (χ0) is 16.9. The third-order valence-electron chi connectivity index (χ3n) is 4.51. The number of aryl methyl sites for hydroxylation is 1. The van der Waals surface area contributed by atoms with Crippen molar-refractivity contribution >= 4 is 5.91 Å². The Kier molecular flexibility index (Phi) is 5.30. The first-order valence-electron chi connectivity index (χ1n) is 8.58. The van der Waals surface area contributed by atoms with Crippen LogP contribution >= 0.6 is 0 Å². The number of hydrogen-bond acceptors (Lipinski definition) is 4. The maximum Gasteiger partial charge on any atom is 0.227 e. The lowest BCUT2D eigenvalue weighted by Crippen LogP contribution is -2.39. The molecule has 130 valence electrons. The Hall–Kier alpha value is -2.15. The molecule has 1 aliphatic rings. The van der Waals surface area contributed by atoms with Gasteiger partial charge in [-0.3, -0.25) is 19.1 Å². The molecule has 24 heavy (non-hydrogen) atoms. The number of carbonyl (C=O) groups excluding carboxylic acids is 1. The van der Waals surface area contributed by atoms with Crippen molar-refractivity contribution in [1.82, 2.24) is 29.4 Å². The second kappa shape index (κ2) is 7.61. The molecule has 3 heterocycles. The topological polar surface area (TPSA) is 59.2 Å². The van der Waals surface area contributed by atoms with Crippen LogP contribution in [0.4, 0.5) is 0 Å². The van der Waals surface area contributed by atoms with E-state index in [1.165, 1.54) is 5.56 Å². The Bertz CT molecular complexity index is 650. The average molecular weight is 330 g/mol. The molecule has 7 heteroatoms. The van der Waals surface area contributed by atoms with Crippen molar-refractivity contribution in [2.45, 2.75) is 26.4 Å². The Morgan fingerprint density at radius 1 is 1.25 bits per heavy atom. The van der Waals surface area contributed by atoms with Gasteiger partial charge >= 0.3 is 0 Å². The molecule has 1 fully saturated rings. The van der Waals surface area contributed by atoms with Gasteiger partial charge in [-0.1, -0.05) is 6.92 Å². The second-order valence-electron chi connectivity index (χ2n) is 6.61. The highest BCUT2D eigenvalue weighted by Crippen LogP contribution is 2.12. The molecule has 0 unspecified atom stereocenters. The van der Waals surface area contributed by atoms with Crippen LogP contribution in [0.1, 0.15) is 18.9 Å². The maximum absolute atomic E-state index is 12.7. The van der Waals surface area contributed by atoms with Crippen molar-refractivity contribution in [3.8, 4) is 0 Å². The second-order valence-corrected chi connectivity index (χ2v) is 6.61. The minimum atomic E-state index is -0.0465. The van der Waals surface area contributed by atoms with Gasteiger partial charge in [0.05, 0.1) is 18.7 Å². The minimum absolute atomic E-state index is 0.0465. The largest absolute Gasteiger partial charge is 0.341 e. The lowest BCUT2D eigenvalue weighted by molar-refractivity contribution is -0.135. The van der Waals surface area contributed by atoms with Gasteiger partial charge in [0.2, 0.25) is 5.91 Å². The summed E-state index contributed by atoms with van der Waals surface area (Å²) in [4.78, 5) is 17.1. The van der Waals surface area contributed by atoms with Crippen molar-refractivity contribution in [2.24, 2.45) is 13.0 Å². The number of nitrogens with zero attached hydrogens (tertiary/aromatic N) is 6.